The molecule has 0 aliphatic carbocycles. The number of rotatable bonds is 3. The van der Waals surface area contributed by atoms with Gasteiger partial charge in [0, 0.05) is 50.9 Å². The highest BCUT2D eigenvalue weighted by Gasteiger charge is 2.31. The van der Waals surface area contributed by atoms with E-state index in [1.807, 2.05) is 4.90 Å². The van der Waals surface area contributed by atoms with Crippen LogP contribution in [0.4, 0.5) is 5.69 Å². The van der Waals surface area contributed by atoms with Gasteiger partial charge in [0.05, 0.1) is 0 Å². The van der Waals surface area contributed by atoms with E-state index in [0.717, 1.165) is 39.0 Å². The van der Waals surface area contributed by atoms with E-state index in [-0.39, 0.29) is 17.7 Å². The molecule has 5 heteroatoms. The quantitative estimate of drug-likeness (QED) is 0.791. The number of piperidine rings is 1. The number of benzene rings is 1. The van der Waals surface area contributed by atoms with Gasteiger partial charge in [-0.15, -0.1) is 0 Å². The van der Waals surface area contributed by atoms with Crippen LogP contribution in [0, 0.1) is 12.8 Å². The topological polar surface area (TPSA) is 43.9 Å². The number of hydrogen-bond acceptors (Lipinski definition) is 3. The Balaban J connectivity index is 1.49. The highest BCUT2D eigenvalue weighted by Crippen LogP contribution is 2.22. The minimum Gasteiger partial charge on any atom is -0.368 e. The van der Waals surface area contributed by atoms with Crippen molar-refractivity contribution in [2.45, 2.75) is 19.8 Å². The Bertz CT molecular complexity index is 625. The lowest BCUT2D eigenvalue weighted by Crippen LogP contribution is -2.52. The summed E-state index contributed by atoms with van der Waals surface area (Å²) in [7, 11) is 0. The van der Waals surface area contributed by atoms with Crippen molar-refractivity contribution in [3.63, 3.8) is 0 Å². The molecule has 0 N–H and O–H groups in total. The summed E-state index contributed by atoms with van der Waals surface area (Å²) in [4.78, 5) is 30.5. The Labute approximate surface area is 149 Å². The summed E-state index contributed by atoms with van der Waals surface area (Å²) in [6.07, 6.45) is 2.87. The zero-order valence-corrected chi connectivity index (χ0v) is 15.0. The van der Waals surface area contributed by atoms with Crippen molar-refractivity contribution in [1.82, 2.24) is 9.80 Å². The molecule has 0 saturated carbocycles. The third-order valence-corrected chi connectivity index (χ3v) is 5.32. The maximum Gasteiger partial charge on any atom is 0.245 e. The molecule has 25 heavy (non-hydrogen) atoms. The molecule has 1 aromatic carbocycles. The minimum absolute atomic E-state index is 0.0300. The van der Waals surface area contributed by atoms with Gasteiger partial charge in [-0.25, -0.2) is 0 Å². The fourth-order valence-electron chi connectivity index (χ4n) is 3.67. The van der Waals surface area contributed by atoms with Crippen LogP contribution < -0.4 is 4.90 Å². The van der Waals surface area contributed by atoms with Crippen LogP contribution in [0.5, 0.6) is 0 Å². The summed E-state index contributed by atoms with van der Waals surface area (Å²) >= 11 is 0. The first kappa shape index (κ1) is 17.5. The van der Waals surface area contributed by atoms with Crippen LogP contribution in [0.25, 0.3) is 0 Å². The largest absolute Gasteiger partial charge is 0.368 e. The number of aryl methyl sites for hydroxylation is 1. The summed E-state index contributed by atoms with van der Waals surface area (Å²) in [6.45, 7) is 10.2. The van der Waals surface area contributed by atoms with Gasteiger partial charge in [0.1, 0.15) is 0 Å². The SMILES string of the molecule is C=CC(=O)N1CCC(C(=O)N2CCN(c3ccc(C)cc3)CC2)CC1. The Kier molecular flexibility index (Phi) is 5.41. The molecule has 0 aromatic heterocycles. The molecule has 2 amide bonds. The Morgan fingerprint density at radius 2 is 1.56 bits per heavy atom. The van der Waals surface area contributed by atoms with Gasteiger partial charge in [-0.1, -0.05) is 24.3 Å². The molecule has 2 saturated heterocycles. The Hall–Kier alpha value is -2.30. The first-order chi connectivity index (χ1) is 12.1. The molecule has 0 radical (unpaired) electrons. The summed E-state index contributed by atoms with van der Waals surface area (Å²) in [6, 6.07) is 8.56. The third kappa shape index (κ3) is 4.03. The molecule has 0 atom stereocenters. The van der Waals surface area contributed by atoms with Crippen LogP contribution >= 0.6 is 0 Å². The molecule has 2 heterocycles. The van der Waals surface area contributed by atoms with Gasteiger partial charge in [-0.05, 0) is 38.0 Å². The van der Waals surface area contributed by atoms with Crippen molar-refractivity contribution in [3.8, 4) is 0 Å². The van der Waals surface area contributed by atoms with Crippen molar-refractivity contribution in [1.29, 1.82) is 0 Å². The second-order valence-corrected chi connectivity index (χ2v) is 6.95. The number of hydrogen-bond donors (Lipinski definition) is 0. The van der Waals surface area contributed by atoms with Crippen molar-refractivity contribution >= 4 is 17.5 Å². The lowest BCUT2D eigenvalue weighted by atomic mass is 9.95. The van der Waals surface area contributed by atoms with Gasteiger partial charge in [0.15, 0.2) is 0 Å². The number of piperazine rings is 1. The standard InChI is InChI=1S/C20H27N3O2/c1-3-19(24)22-10-8-17(9-11-22)20(25)23-14-12-21(13-15-23)18-6-4-16(2)5-7-18/h3-7,17H,1,8-15H2,2H3. The molecule has 0 spiro atoms. The zero-order valence-electron chi connectivity index (χ0n) is 15.0. The first-order valence-electron chi connectivity index (χ1n) is 9.10. The fraction of sp³-hybridized carbons (Fsp3) is 0.500. The van der Waals surface area contributed by atoms with Gasteiger partial charge < -0.3 is 14.7 Å². The van der Waals surface area contributed by atoms with E-state index in [2.05, 4.69) is 42.7 Å². The normalized spacial score (nSPS) is 19.0. The lowest BCUT2D eigenvalue weighted by molar-refractivity contribution is -0.139. The predicted octanol–water partition coefficient (Wildman–Crippen LogP) is 2.07. The molecule has 2 aliphatic heterocycles. The van der Waals surface area contributed by atoms with Crippen molar-refractivity contribution < 1.29 is 9.59 Å². The van der Waals surface area contributed by atoms with Crippen LogP contribution in [0.1, 0.15) is 18.4 Å². The molecule has 2 aliphatic rings. The fourth-order valence-corrected chi connectivity index (χ4v) is 3.67. The molecule has 1 aromatic rings. The van der Waals surface area contributed by atoms with Crippen molar-refractivity contribution in [2.24, 2.45) is 5.92 Å². The van der Waals surface area contributed by atoms with E-state index in [1.54, 1.807) is 4.90 Å². The van der Waals surface area contributed by atoms with E-state index in [9.17, 15) is 9.59 Å². The monoisotopic (exact) mass is 341 g/mol. The molecular formula is C20H27N3O2. The highest BCUT2D eigenvalue weighted by molar-refractivity contribution is 5.87. The van der Waals surface area contributed by atoms with Gasteiger partial charge in [0.2, 0.25) is 11.8 Å². The van der Waals surface area contributed by atoms with E-state index < -0.39 is 0 Å². The van der Waals surface area contributed by atoms with Crippen LogP contribution in [0.15, 0.2) is 36.9 Å². The first-order valence-corrected chi connectivity index (χ1v) is 9.10. The molecular weight excluding hydrogens is 314 g/mol. The summed E-state index contributed by atoms with van der Waals surface area (Å²) in [5, 5.41) is 0. The highest BCUT2D eigenvalue weighted by atomic mass is 16.2. The molecule has 3 rings (SSSR count). The summed E-state index contributed by atoms with van der Waals surface area (Å²) in [5.41, 5.74) is 2.49. The smallest absolute Gasteiger partial charge is 0.245 e. The maximum absolute atomic E-state index is 12.8. The van der Waals surface area contributed by atoms with Gasteiger partial charge in [-0.2, -0.15) is 0 Å². The van der Waals surface area contributed by atoms with Crippen molar-refractivity contribution in [3.05, 3.63) is 42.5 Å². The van der Waals surface area contributed by atoms with E-state index in [4.69, 9.17) is 0 Å². The van der Waals surface area contributed by atoms with Crippen LogP contribution in [0.3, 0.4) is 0 Å². The van der Waals surface area contributed by atoms with E-state index >= 15 is 0 Å². The van der Waals surface area contributed by atoms with Crippen molar-refractivity contribution in [2.75, 3.05) is 44.2 Å². The Morgan fingerprint density at radius 3 is 2.12 bits per heavy atom. The second-order valence-electron chi connectivity index (χ2n) is 6.95. The molecule has 2 fully saturated rings. The average Bonchev–Trinajstić information content (AvgIpc) is 2.67. The number of carbonyl (C=O) groups is 2. The predicted molar refractivity (Wildman–Crippen MR) is 99.5 cm³/mol. The Morgan fingerprint density at radius 1 is 0.960 bits per heavy atom. The number of anilines is 1. The summed E-state index contributed by atoms with van der Waals surface area (Å²) in [5.74, 6) is 0.284. The number of nitrogens with zero attached hydrogens (tertiary/aromatic N) is 3. The molecule has 0 bridgehead atoms. The zero-order chi connectivity index (χ0) is 17.8. The van der Waals surface area contributed by atoms with E-state index in [0.29, 0.717) is 13.1 Å². The summed E-state index contributed by atoms with van der Waals surface area (Å²) < 4.78 is 0. The minimum atomic E-state index is -0.0300. The van der Waals surface area contributed by atoms with Crippen LogP contribution in [-0.4, -0.2) is 60.9 Å². The lowest BCUT2D eigenvalue weighted by Gasteiger charge is -2.39. The number of carbonyl (C=O) groups excluding carboxylic acids is 2. The third-order valence-electron chi connectivity index (χ3n) is 5.32. The van der Waals surface area contributed by atoms with Gasteiger partial charge >= 0.3 is 0 Å². The van der Waals surface area contributed by atoms with Crippen LogP contribution in [0.2, 0.25) is 0 Å². The van der Waals surface area contributed by atoms with Crippen LogP contribution in [-0.2, 0) is 9.59 Å². The number of likely N-dealkylation sites (tertiary alicyclic amines) is 1. The second kappa shape index (κ2) is 7.72. The molecule has 5 nitrogen and oxygen atoms in total. The maximum atomic E-state index is 12.8. The van der Waals surface area contributed by atoms with Gasteiger partial charge in [-0.3, -0.25) is 9.59 Å². The van der Waals surface area contributed by atoms with Gasteiger partial charge in [0.25, 0.3) is 0 Å². The van der Waals surface area contributed by atoms with E-state index in [1.165, 1.54) is 17.3 Å². The molecule has 0 unspecified atom stereocenters. The molecule has 134 valence electrons. The number of amides is 2. The average molecular weight is 341 g/mol.